The minimum atomic E-state index is 0. The molecule has 0 aliphatic carbocycles. The number of halogens is 1. The smallest absolute Gasteiger partial charge is 0.153 e. The number of imidazole rings is 1. The zero-order valence-electron chi connectivity index (χ0n) is 9.40. The second kappa shape index (κ2) is 9.17. The van der Waals surface area contributed by atoms with Gasteiger partial charge in [-0.25, -0.2) is 4.98 Å². The highest BCUT2D eigenvalue weighted by atomic mass is 127. The molecule has 0 fully saturated rings. The second-order valence-electron chi connectivity index (χ2n) is 2.95. The van der Waals surface area contributed by atoms with Gasteiger partial charge in [-0.2, -0.15) is 11.8 Å². The highest BCUT2D eigenvalue weighted by Crippen LogP contribution is 2.12. The number of rotatable bonds is 5. The molecule has 92 valence electrons. The number of nitrogens with zero attached hydrogens (tertiary/aromatic N) is 2. The summed E-state index contributed by atoms with van der Waals surface area (Å²) >= 11 is 3.31. The number of thioether (sulfide) groups is 2. The van der Waals surface area contributed by atoms with Crippen molar-refractivity contribution in [3.63, 3.8) is 0 Å². The van der Waals surface area contributed by atoms with Crippen LogP contribution in [0.3, 0.4) is 0 Å². The van der Waals surface area contributed by atoms with Crippen LogP contribution in [-0.2, 0) is 5.75 Å². The van der Waals surface area contributed by atoms with E-state index in [0.29, 0.717) is 5.17 Å². The van der Waals surface area contributed by atoms with E-state index in [0.717, 1.165) is 29.4 Å². The molecule has 0 radical (unpaired) electrons. The molecular weight excluding hydrogens is 355 g/mol. The summed E-state index contributed by atoms with van der Waals surface area (Å²) in [6.07, 6.45) is 3.66. The van der Waals surface area contributed by atoms with E-state index in [1.165, 1.54) is 11.8 Å². The molecule has 3 N–H and O–H groups in total. The third-order valence-corrected chi connectivity index (χ3v) is 3.38. The Bertz CT molecular complexity index is 327. The van der Waals surface area contributed by atoms with Gasteiger partial charge >= 0.3 is 0 Å². The van der Waals surface area contributed by atoms with Crippen molar-refractivity contribution in [3.05, 3.63) is 17.7 Å². The summed E-state index contributed by atoms with van der Waals surface area (Å²) in [4.78, 5) is 11.5. The predicted molar refractivity (Wildman–Crippen MR) is 84.9 cm³/mol. The van der Waals surface area contributed by atoms with Crippen molar-refractivity contribution in [1.82, 2.24) is 9.97 Å². The van der Waals surface area contributed by atoms with Crippen LogP contribution in [0.25, 0.3) is 0 Å². The molecule has 0 bridgehead atoms. The van der Waals surface area contributed by atoms with Crippen LogP contribution >= 0.6 is 47.5 Å². The molecule has 0 spiro atoms. The lowest BCUT2D eigenvalue weighted by molar-refractivity contribution is 1.13. The zero-order valence-corrected chi connectivity index (χ0v) is 13.4. The van der Waals surface area contributed by atoms with Gasteiger partial charge in [0, 0.05) is 17.2 Å². The molecule has 16 heavy (non-hydrogen) atoms. The van der Waals surface area contributed by atoms with Crippen LogP contribution in [-0.4, -0.2) is 33.7 Å². The third-order valence-electron chi connectivity index (χ3n) is 1.89. The van der Waals surface area contributed by atoms with Crippen LogP contribution in [0, 0.1) is 6.92 Å². The summed E-state index contributed by atoms with van der Waals surface area (Å²) < 4.78 is 0. The molecule has 0 aliphatic rings. The van der Waals surface area contributed by atoms with Crippen LogP contribution < -0.4 is 5.73 Å². The van der Waals surface area contributed by atoms with Crippen molar-refractivity contribution < 1.29 is 0 Å². The van der Waals surface area contributed by atoms with E-state index in [4.69, 9.17) is 5.73 Å². The van der Waals surface area contributed by atoms with E-state index >= 15 is 0 Å². The number of hydrogen-bond donors (Lipinski definition) is 2. The maximum absolute atomic E-state index is 5.56. The van der Waals surface area contributed by atoms with Gasteiger partial charge in [0.1, 0.15) is 0 Å². The van der Waals surface area contributed by atoms with Gasteiger partial charge in [-0.15, -0.1) is 24.0 Å². The van der Waals surface area contributed by atoms with Crippen molar-refractivity contribution in [2.45, 2.75) is 12.7 Å². The van der Waals surface area contributed by atoms with Crippen LogP contribution in [0.15, 0.2) is 11.3 Å². The zero-order chi connectivity index (χ0) is 11.1. The molecule has 4 nitrogen and oxygen atoms in total. The first kappa shape index (κ1) is 16.1. The summed E-state index contributed by atoms with van der Waals surface area (Å²) in [7, 11) is 0. The second-order valence-corrected chi connectivity index (χ2v) is 4.88. The molecule has 1 aromatic rings. The van der Waals surface area contributed by atoms with Crippen molar-refractivity contribution in [2.75, 3.05) is 18.6 Å². The molecule has 1 rings (SSSR count). The first-order chi connectivity index (χ1) is 7.24. The highest BCUT2D eigenvalue weighted by molar-refractivity contribution is 14.0. The van der Waals surface area contributed by atoms with Crippen molar-refractivity contribution in [1.29, 1.82) is 0 Å². The number of nitrogens with one attached hydrogen (secondary N) is 1. The van der Waals surface area contributed by atoms with Crippen LogP contribution in [0.2, 0.25) is 0 Å². The lowest BCUT2D eigenvalue weighted by atomic mass is 10.4. The molecule has 1 heterocycles. The molecule has 0 aromatic carbocycles. The van der Waals surface area contributed by atoms with E-state index in [1.54, 1.807) is 6.33 Å². The van der Waals surface area contributed by atoms with E-state index in [9.17, 15) is 0 Å². The number of aliphatic imine (C=N–C) groups is 1. The summed E-state index contributed by atoms with van der Waals surface area (Å²) in [5, 5.41) is 0.659. The highest BCUT2D eigenvalue weighted by Gasteiger charge is 1.99. The van der Waals surface area contributed by atoms with Crippen molar-refractivity contribution in [3.8, 4) is 0 Å². The van der Waals surface area contributed by atoms with Crippen LogP contribution in [0.1, 0.15) is 11.4 Å². The fourth-order valence-corrected chi connectivity index (χ4v) is 2.06. The molecule has 0 saturated carbocycles. The van der Waals surface area contributed by atoms with Gasteiger partial charge in [0.25, 0.3) is 0 Å². The molecule has 0 saturated heterocycles. The van der Waals surface area contributed by atoms with Gasteiger partial charge in [0.2, 0.25) is 0 Å². The van der Waals surface area contributed by atoms with Crippen LogP contribution in [0.5, 0.6) is 0 Å². The molecule has 0 amide bonds. The first-order valence-electron chi connectivity index (χ1n) is 4.64. The number of aryl methyl sites for hydroxylation is 1. The largest absolute Gasteiger partial charge is 0.379 e. The van der Waals surface area contributed by atoms with E-state index in [-0.39, 0.29) is 24.0 Å². The molecule has 1 aromatic heterocycles. The normalized spacial score (nSPS) is 11.2. The van der Waals surface area contributed by atoms with E-state index < -0.39 is 0 Å². The molecule has 0 unspecified atom stereocenters. The summed E-state index contributed by atoms with van der Waals surface area (Å²) in [6, 6.07) is 0. The average Bonchev–Trinajstić information content (AvgIpc) is 2.63. The van der Waals surface area contributed by atoms with Gasteiger partial charge in [-0.05, 0) is 13.2 Å². The Morgan fingerprint density at radius 3 is 2.94 bits per heavy atom. The Morgan fingerprint density at radius 1 is 1.62 bits per heavy atom. The Morgan fingerprint density at radius 2 is 2.38 bits per heavy atom. The number of amidine groups is 1. The third kappa shape index (κ3) is 6.00. The quantitative estimate of drug-likeness (QED) is 0.360. The summed E-state index contributed by atoms with van der Waals surface area (Å²) in [5.74, 6) is 1.91. The molecule has 0 atom stereocenters. The Kier molecular flexibility index (Phi) is 9.24. The van der Waals surface area contributed by atoms with Crippen molar-refractivity contribution >= 4 is 52.7 Å². The summed E-state index contributed by atoms with van der Waals surface area (Å²) in [5.41, 5.74) is 7.83. The maximum Gasteiger partial charge on any atom is 0.153 e. The van der Waals surface area contributed by atoms with Gasteiger partial charge in [0.15, 0.2) is 5.17 Å². The van der Waals surface area contributed by atoms with Crippen LogP contribution in [0.4, 0.5) is 0 Å². The monoisotopic (exact) mass is 372 g/mol. The molecular formula is C9H17IN4S2. The predicted octanol–water partition coefficient (Wildman–Crippen LogP) is 2.25. The molecule has 0 aliphatic heterocycles. The van der Waals surface area contributed by atoms with E-state index in [1.807, 2.05) is 24.9 Å². The first-order valence-corrected chi connectivity index (χ1v) is 7.02. The Labute approximate surface area is 122 Å². The lowest BCUT2D eigenvalue weighted by Gasteiger charge is -1.98. The van der Waals surface area contributed by atoms with Gasteiger partial charge in [-0.3, -0.25) is 4.99 Å². The standard InChI is InChI=1S/C9H16N4S2.HI/c1-7-8(13-6-12-7)5-15-4-3-11-9(10)14-2;/h6H,3-5H2,1-2H3,(H2,10,11)(H,12,13);1H. The average molecular weight is 372 g/mol. The fraction of sp³-hybridized carbons (Fsp3) is 0.556. The number of H-pyrrole nitrogens is 1. The number of nitrogens with two attached hydrogens (primary N) is 1. The minimum absolute atomic E-state index is 0. The minimum Gasteiger partial charge on any atom is -0.379 e. The Hall–Kier alpha value is 0.110. The summed E-state index contributed by atoms with van der Waals surface area (Å²) in [6.45, 7) is 2.81. The maximum atomic E-state index is 5.56. The molecule has 7 heteroatoms. The number of hydrogen-bond acceptors (Lipinski definition) is 4. The van der Waals surface area contributed by atoms with Gasteiger partial charge in [0.05, 0.1) is 18.6 Å². The number of aromatic amines is 1. The van der Waals surface area contributed by atoms with Gasteiger partial charge in [-0.1, -0.05) is 11.8 Å². The van der Waals surface area contributed by atoms with E-state index in [2.05, 4.69) is 15.0 Å². The fourth-order valence-electron chi connectivity index (χ4n) is 0.986. The van der Waals surface area contributed by atoms with Crippen molar-refractivity contribution in [2.24, 2.45) is 10.7 Å². The number of aromatic nitrogens is 2. The van der Waals surface area contributed by atoms with Gasteiger partial charge < -0.3 is 10.7 Å². The topological polar surface area (TPSA) is 67.1 Å². The lowest BCUT2D eigenvalue weighted by Crippen LogP contribution is -2.06. The SMILES string of the molecule is CSC(N)=NCCSCc1nc[nH]c1C.I. The Balaban J connectivity index is 0.00000225.